The van der Waals surface area contributed by atoms with Gasteiger partial charge in [-0.3, -0.25) is 14.7 Å². The quantitative estimate of drug-likeness (QED) is 0.353. The monoisotopic (exact) mass is 443 g/mol. The summed E-state index contributed by atoms with van der Waals surface area (Å²) in [6.07, 6.45) is 3.43. The van der Waals surface area contributed by atoms with Gasteiger partial charge in [0.15, 0.2) is 5.13 Å². The molecule has 2 aromatic heterocycles. The lowest BCUT2D eigenvalue weighted by atomic mass is 10.2. The molecule has 29 heavy (non-hydrogen) atoms. The van der Waals surface area contributed by atoms with E-state index in [1.165, 1.54) is 35.2 Å². The van der Waals surface area contributed by atoms with Gasteiger partial charge in [-0.25, -0.2) is 9.37 Å². The van der Waals surface area contributed by atoms with Crippen LogP contribution >= 0.6 is 34.7 Å². The van der Waals surface area contributed by atoms with Crippen LogP contribution in [-0.4, -0.2) is 21.6 Å². The summed E-state index contributed by atoms with van der Waals surface area (Å²) < 4.78 is 14.0. The third-order valence-electron chi connectivity index (χ3n) is 4.11. The molecule has 4 nitrogen and oxygen atoms in total. The second kappa shape index (κ2) is 8.90. The SMILES string of the molecule is O=C(CSc1ccc(F)cc1)N(Cc1cccnc1)c1nc2ccc(Cl)cc2s1. The van der Waals surface area contributed by atoms with Crippen LogP contribution < -0.4 is 4.90 Å². The number of pyridine rings is 1. The van der Waals surface area contributed by atoms with Crippen LogP contribution in [0.5, 0.6) is 0 Å². The van der Waals surface area contributed by atoms with Gasteiger partial charge in [0.25, 0.3) is 0 Å². The largest absolute Gasteiger partial charge is 0.283 e. The third-order valence-corrected chi connectivity index (χ3v) is 6.38. The molecule has 4 rings (SSSR count). The van der Waals surface area contributed by atoms with E-state index in [4.69, 9.17) is 11.6 Å². The molecule has 2 aromatic carbocycles. The van der Waals surface area contributed by atoms with Crippen LogP contribution in [0.3, 0.4) is 0 Å². The smallest absolute Gasteiger partial charge is 0.239 e. The first-order valence-electron chi connectivity index (χ1n) is 8.72. The third kappa shape index (κ3) is 4.93. The maximum atomic E-state index is 13.1. The van der Waals surface area contributed by atoms with Crippen molar-refractivity contribution in [3.63, 3.8) is 0 Å². The predicted molar refractivity (Wildman–Crippen MR) is 117 cm³/mol. The molecule has 0 aliphatic carbocycles. The standard InChI is InChI=1S/C21H15ClFN3OS2/c22-15-3-8-18-19(10-15)29-21(25-18)26(12-14-2-1-9-24-11-14)20(27)13-28-17-6-4-16(23)5-7-17/h1-11H,12-13H2. The predicted octanol–water partition coefficient (Wildman–Crippen LogP) is 5.81. The number of aromatic nitrogens is 2. The van der Waals surface area contributed by atoms with Gasteiger partial charge in [-0.1, -0.05) is 29.0 Å². The molecule has 8 heteroatoms. The van der Waals surface area contributed by atoms with E-state index in [2.05, 4.69) is 9.97 Å². The van der Waals surface area contributed by atoms with Crippen molar-refractivity contribution in [3.05, 3.63) is 83.4 Å². The summed E-state index contributed by atoms with van der Waals surface area (Å²) >= 11 is 8.87. The minimum atomic E-state index is -0.299. The number of carbonyl (C=O) groups is 1. The van der Waals surface area contributed by atoms with Crippen LogP contribution in [0.1, 0.15) is 5.56 Å². The van der Waals surface area contributed by atoms with Crippen LogP contribution in [0.15, 0.2) is 71.9 Å². The number of thiazole rings is 1. The molecule has 0 bridgehead atoms. The topological polar surface area (TPSA) is 46.1 Å². The maximum Gasteiger partial charge on any atom is 0.239 e. The molecule has 0 radical (unpaired) electrons. The van der Waals surface area contributed by atoms with Crippen molar-refractivity contribution < 1.29 is 9.18 Å². The lowest BCUT2D eigenvalue weighted by molar-refractivity contribution is -0.116. The first-order chi connectivity index (χ1) is 14.1. The van der Waals surface area contributed by atoms with Gasteiger partial charge in [-0.15, -0.1) is 11.8 Å². The fourth-order valence-electron chi connectivity index (χ4n) is 2.69. The Morgan fingerprint density at radius 2 is 2.00 bits per heavy atom. The molecule has 0 aliphatic rings. The zero-order chi connectivity index (χ0) is 20.2. The number of nitrogens with zero attached hydrogens (tertiary/aromatic N) is 3. The highest BCUT2D eigenvalue weighted by Gasteiger charge is 2.20. The molecule has 4 aromatic rings. The van der Waals surface area contributed by atoms with E-state index >= 15 is 0 Å². The number of halogens is 2. The van der Waals surface area contributed by atoms with E-state index in [-0.39, 0.29) is 17.5 Å². The number of carbonyl (C=O) groups excluding carboxylic acids is 1. The van der Waals surface area contributed by atoms with E-state index in [0.29, 0.717) is 16.7 Å². The van der Waals surface area contributed by atoms with Crippen LogP contribution in [0, 0.1) is 5.82 Å². The van der Waals surface area contributed by atoms with E-state index in [1.54, 1.807) is 35.5 Å². The Labute approximate surface area is 180 Å². The Morgan fingerprint density at radius 1 is 1.17 bits per heavy atom. The number of fused-ring (bicyclic) bond motifs is 1. The van der Waals surface area contributed by atoms with Crippen molar-refractivity contribution in [2.45, 2.75) is 11.4 Å². The highest BCUT2D eigenvalue weighted by molar-refractivity contribution is 8.00. The number of rotatable bonds is 6. The molecule has 1 amide bonds. The average molecular weight is 444 g/mol. The molecule has 0 saturated carbocycles. The summed E-state index contributed by atoms with van der Waals surface area (Å²) in [7, 11) is 0. The Kier molecular flexibility index (Phi) is 6.08. The number of amides is 1. The molecule has 0 fully saturated rings. The zero-order valence-electron chi connectivity index (χ0n) is 15.1. The Bertz CT molecular complexity index is 1140. The molecule has 146 valence electrons. The number of benzene rings is 2. The van der Waals surface area contributed by atoms with Gasteiger partial charge in [0.05, 0.1) is 22.5 Å². The van der Waals surface area contributed by atoms with Crippen LogP contribution in [-0.2, 0) is 11.3 Å². The Hall–Kier alpha value is -2.48. The summed E-state index contributed by atoms with van der Waals surface area (Å²) in [5.74, 6) is -0.178. The summed E-state index contributed by atoms with van der Waals surface area (Å²) in [6.45, 7) is 0.365. The number of hydrogen-bond acceptors (Lipinski definition) is 5. The van der Waals surface area contributed by atoms with Crippen molar-refractivity contribution >= 4 is 56.0 Å². The van der Waals surface area contributed by atoms with E-state index in [1.807, 2.05) is 24.3 Å². The Morgan fingerprint density at radius 3 is 2.76 bits per heavy atom. The average Bonchev–Trinajstić information content (AvgIpc) is 3.15. The fourth-order valence-corrected chi connectivity index (χ4v) is 4.72. The van der Waals surface area contributed by atoms with Crippen molar-refractivity contribution in [3.8, 4) is 0 Å². The highest BCUT2D eigenvalue weighted by Crippen LogP contribution is 2.32. The van der Waals surface area contributed by atoms with Gasteiger partial charge >= 0.3 is 0 Å². The molecule has 0 spiro atoms. The summed E-state index contributed by atoms with van der Waals surface area (Å²) in [5, 5.41) is 1.24. The van der Waals surface area contributed by atoms with Crippen LogP contribution in [0.4, 0.5) is 9.52 Å². The second-order valence-corrected chi connectivity index (χ2v) is 8.69. The van der Waals surface area contributed by atoms with E-state index in [9.17, 15) is 9.18 Å². The lowest BCUT2D eigenvalue weighted by Gasteiger charge is -2.19. The van der Waals surface area contributed by atoms with Gasteiger partial charge < -0.3 is 0 Å². The first kappa shape index (κ1) is 19.8. The lowest BCUT2D eigenvalue weighted by Crippen LogP contribution is -2.31. The highest BCUT2D eigenvalue weighted by atomic mass is 35.5. The van der Waals surface area contributed by atoms with Crippen molar-refractivity contribution in [1.82, 2.24) is 9.97 Å². The Balaban J connectivity index is 1.59. The summed E-state index contributed by atoms with van der Waals surface area (Å²) in [4.78, 5) is 24.3. The van der Waals surface area contributed by atoms with Gasteiger partial charge in [0.1, 0.15) is 5.82 Å². The second-order valence-electron chi connectivity index (χ2n) is 6.19. The summed E-state index contributed by atoms with van der Waals surface area (Å²) in [6, 6.07) is 15.3. The number of hydrogen-bond donors (Lipinski definition) is 0. The molecule has 0 N–H and O–H groups in total. The first-order valence-corrected chi connectivity index (χ1v) is 10.9. The fraction of sp³-hybridized carbons (Fsp3) is 0.0952. The van der Waals surface area contributed by atoms with Gasteiger partial charge in [0.2, 0.25) is 5.91 Å². The van der Waals surface area contributed by atoms with Gasteiger partial charge in [-0.2, -0.15) is 0 Å². The van der Waals surface area contributed by atoms with Gasteiger partial charge in [0, 0.05) is 22.3 Å². The minimum absolute atomic E-state index is 0.0895. The number of anilines is 1. The molecule has 0 saturated heterocycles. The minimum Gasteiger partial charge on any atom is -0.283 e. The summed E-state index contributed by atoms with van der Waals surface area (Å²) in [5.41, 5.74) is 1.70. The van der Waals surface area contributed by atoms with Crippen molar-refractivity contribution in [2.24, 2.45) is 0 Å². The molecular formula is C21H15ClFN3OS2. The molecule has 0 aliphatic heterocycles. The molecule has 0 atom stereocenters. The van der Waals surface area contributed by atoms with Crippen LogP contribution in [0.25, 0.3) is 10.2 Å². The maximum absolute atomic E-state index is 13.1. The van der Waals surface area contributed by atoms with Crippen LogP contribution in [0.2, 0.25) is 5.02 Å². The molecular weight excluding hydrogens is 429 g/mol. The molecule has 0 unspecified atom stereocenters. The van der Waals surface area contributed by atoms with E-state index in [0.717, 1.165) is 20.7 Å². The van der Waals surface area contributed by atoms with E-state index < -0.39 is 0 Å². The normalized spacial score (nSPS) is 11.0. The number of thioether (sulfide) groups is 1. The van der Waals surface area contributed by atoms with Crippen molar-refractivity contribution in [1.29, 1.82) is 0 Å². The van der Waals surface area contributed by atoms with Gasteiger partial charge in [-0.05, 0) is 54.1 Å². The molecule has 2 heterocycles. The zero-order valence-corrected chi connectivity index (χ0v) is 17.5. The van der Waals surface area contributed by atoms with Crippen molar-refractivity contribution in [2.75, 3.05) is 10.7 Å².